The smallest absolute Gasteiger partial charge is 0.274 e. The number of nitriles is 1. The molecule has 3 rings (SSSR count). The molecular formula is C21H18N4O. The van der Waals surface area contributed by atoms with Gasteiger partial charge in [0.1, 0.15) is 5.69 Å². The lowest BCUT2D eigenvalue weighted by molar-refractivity contribution is 0.102. The third kappa shape index (κ3) is 3.87. The quantitative estimate of drug-likeness (QED) is 0.748. The van der Waals surface area contributed by atoms with Crippen LogP contribution in [0.4, 0.5) is 17.1 Å². The van der Waals surface area contributed by atoms with E-state index < -0.39 is 0 Å². The SMILES string of the molecule is CCN(c1ccccc1)c1ccc(C(=O)Nc2ccc(C#N)cc2)nc1. The number of amides is 1. The first-order chi connectivity index (χ1) is 12.7. The number of benzene rings is 2. The zero-order chi connectivity index (χ0) is 18.4. The van der Waals surface area contributed by atoms with Crippen molar-refractivity contribution in [2.24, 2.45) is 0 Å². The first-order valence-electron chi connectivity index (χ1n) is 8.31. The largest absolute Gasteiger partial charge is 0.341 e. The second kappa shape index (κ2) is 7.95. The van der Waals surface area contributed by atoms with Crippen LogP contribution >= 0.6 is 0 Å². The summed E-state index contributed by atoms with van der Waals surface area (Å²) >= 11 is 0. The molecule has 128 valence electrons. The Morgan fingerprint density at radius 3 is 2.35 bits per heavy atom. The molecule has 26 heavy (non-hydrogen) atoms. The van der Waals surface area contributed by atoms with Crippen LogP contribution in [0.2, 0.25) is 0 Å². The normalized spacial score (nSPS) is 10.0. The summed E-state index contributed by atoms with van der Waals surface area (Å²) in [5, 5.41) is 11.6. The van der Waals surface area contributed by atoms with Crippen molar-refractivity contribution in [3.63, 3.8) is 0 Å². The van der Waals surface area contributed by atoms with Crippen LogP contribution in [0.15, 0.2) is 72.9 Å². The molecule has 0 aliphatic heterocycles. The second-order valence-corrected chi connectivity index (χ2v) is 5.62. The molecule has 0 unspecified atom stereocenters. The van der Waals surface area contributed by atoms with Crippen molar-refractivity contribution < 1.29 is 4.79 Å². The maximum atomic E-state index is 12.3. The van der Waals surface area contributed by atoms with Gasteiger partial charge in [-0.05, 0) is 55.5 Å². The number of hydrogen-bond donors (Lipinski definition) is 1. The van der Waals surface area contributed by atoms with Crippen molar-refractivity contribution >= 4 is 23.0 Å². The van der Waals surface area contributed by atoms with Gasteiger partial charge >= 0.3 is 0 Å². The van der Waals surface area contributed by atoms with Crippen LogP contribution in [0.5, 0.6) is 0 Å². The first-order valence-corrected chi connectivity index (χ1v) is 8.31. The summed E-state index contributed by atoms with van der Waals surface area (Å²) < 4.78 is 0. The van der Waals surface area contributed by atoms with E-state index >= 15 is 0 Å². The molecule has 0 atom stereocenters. The van der Waals surface area contributed by atoms with Gasteiger partial charge in [0.2, 0.25) is 0 Å². The molecule has 0 radical (unpaired) electrons. The molecule has 0 spiro atoms. The maximum absolute atomic E-state index is 12.3. The molecule has 0 saturated heterocycles. The van der Waals surface area contributed by atoms with Crippen molar-refractivity contribution in [1.29, 1.82) is 5.26 Å². The lowest BCUT2D eigenvalue weighted by Gasteiger charge is -2.22. The lowest BCUT2D eigenvalue weighted by Crippen LogP contribution is -2.17. The van der Waals surface area contributed by atoms with E-state index in [-0.39, 0.29) is 5.91 Å². The van der Waals surface area contributed by atoms with Gasteiger partial charge in [-0.1, -0.05) is 18.2 Å². The number of pyridine rings is 1. The van der Waals surface area contributed by atoms with E-state index in [4.69, 9.17) is 5.26 Å². The number of nitrogens with one attached hydrogen (secondary N) is 1. The fraction of sp³-hybridized carbons (Fsp3) is 0.0952. The topological polar surface area (TPSA) is 69.0 Å². The minimum atomic E-state index is -0.288. The maximum Gasteiger partial charge on any atom is 0.274 e. The van der Waals surface area contributed by atoms with Crippen LogP contribution in [0.25, 0.3) is 0 Å². The van der Waals surface area contributed by atoms with Gasteiger partial charge in [0, 0.05) is 17.9 Å². The second-order valence-electron chi connectivity index (χ2n) is 5.62. The summed E-state index contributed by atoms with van der Waals surface area (Å²) in [7, 11) is 0. The molecule has 2 aromatic carbocycles. The van der Waals surface area contributed by atoms with Crippen LogP contribution in [0.3, 0.4) is 0 Å². The van der Waals surface area contributed by atoms with Gasteiger partial charge in [0.25, 0.3) is 5.91 Å². The van der Waals surface area contributed by atoms with Crippen molar-refractivity contribution in [3.8, 4) is 6.07 Å². The number of hydrogen-bond acceptors (Lipinski definition) is 4. The molecule has 3 aromatic rings. The van der Waals surface area contributed by atoms with E-state index in [0.29, 0.717) is 16.9 Å². The highest BCUT2D eigenvalue weighted by Crippen LogP contribution is 2.24. The number of rotatable bonds is 5. The third-order valence-corrected chi connectivity index (χ3v) is 3.95. The van der Waals surface area contributed by atoms with Crippen LogP contribution in [0.1, 0.15) is 23.0 Å². The molecule has 0 saturated carbocycles. The minimum Gasteiger partial charge on any atom is -0.341 e. The average Bonchev–Trinajstić information content (AvgIpc) is 2.70. The molecule has 0 fully saturated rings. The first kappa shape index (κ1) is 17.2. The summed E-state index contributed by atoms with van der Waals surface area (Å²) in [6.45, 7) is 2.86. The summed E-state index contributed by atoms with van der Waals surface area (Å²) in [4.78, 5) is 18.8. The van der Waals surface area contributed by atoms with Crippen molar-refractivity contribution in [3.05, 3.63) is 84.2 Å². The van der Waals surface area contributed by atoms with E-state index in [1.807, 2.05) is 42.5 Å². The predicted octanol–water partition coefficient (Wildman–Crippen LogP) is 4.36. The third-order valence-electron chi connectivity index (χ3n) is 3.95. The van der Waals surface area contributed by atoms with Gasteiger partial charge in [-0.3, -0.25) is 4.79 Å². The number of carbonyl (C=O) groups excluding carboxylic acids is 1. The number of nitrogens with zero attached hydrogens (tertiary/aromatic N) is 3. The van der Waals surface area contributed by atoms with Crippen molar-refractivity contribution in [1.82, 2.24) is 4.98 Å². The predicted molar refractivity (Wildman–Crippen MR) is 102 cm³/mol. The van der Waals surface area contributed by atoms with E-state index in [0.717, 1.165) is 17.9 Å². The van der Waals surface area contributed by atoms with E-state index in [2.05, 4.69) is 22.1 Å². The molecule has 1 amide bonds. The Bertz CT molecular complexity index is 913. The van der Waals surface area contributed by atoms with Gasteiger partial charge in [-0.25, -0.2) is 4.98 Å². The van der Waals surface area contributed by atoms with Gasteiger partial charge in [0.15, 0.2) is 0 Å². The highest BCUT2D eigenvalue weighted by atomic mass is 16.1. The lowest BCUT2D eigenvalue weighted by atomic mass is 10.2. The molecule has 0 bridgehead atoms. The molecular weight excluding hydrogens is 324 g/mol. The number of para-hydroxylation sites is 1. The minimum absolute atomic E-state index is 0.288. The zero-order valence-electron chi connectivity index (χ0n) is 14.4. The molecule has 5 nitrogen and oxygen atoms in total. The summed E-state index contributed by atoms with van der Waals surface area (Å²) in [5.41, 5.74) is 3.51. The number of carbonyl (C=O) groups is 1. The van der Waals surface area contributed by atoms with Crippen LogP contribution < -0.4 is 10.2 Å². The van der Waals surface area contributed by atoms with Gasteiger partial charge in [-0.2, -0.15) is 5.26 Å². The van der Waals surface area contributed by atoms with Gasteiger partial charge in [-0.15, -0.1) is 0 Å². The Hall–Kier alpha value is -3.65. The Morgan fingerprint density at radius 2 is 1.77 bits per heavy atom. The summed E-state index contributed by atoms with van der Waals surface area (Å²) in [5.74, 6) is -0.288. The fourth-order valence-electron chi connectivity index (χ4n) is 2.63. The number of anilines is 3. The van der Waals surface area contributed by atoms with Crippen LogP contribution in [0, 0.1) is 11.3 Å². The Labute approximate surface area is 152 Å². The summed E-state index contributed by atoms with van der Waals surface area (Å²) in [6.07, 6.45) is 1.70. The highest BCUT2D eigenvalue weighted by Gasteiger charge is 2.11. The Morgan fingerprint density at radius 1 is 1.04 bits per heavy atom. The Kier molecular flexibility index (Phi) is 5.25. The molecule has 1 heterocycles. The molecule has 1 N–H and O–H groups in total. The molecule has 0 aliphatic rings. The molecule has 5 heteroatoms. The number of aromatic nitrogens is 1. The highest BCUT2D eigenvalue weighted by molar-refractivity contribution is 6.03. The fourth-order valence-corrected chi connectivity index (χ4v) is 2.63. The van der Waals surface area contributed by atoms with E-state index in [1.54, 1.807) is 36.5 Å². The zero-order valence-corrected chi connectivity index (χ0v) is 14.4. The van der Waals surface area contributed by atoms with E-state index in [9.17, 15) is 4.79 Å². The van der Waals surface area contributed by atoms with Crippen LogP contribution in [-0.2, 0) is 0 Å². The monoisotopic (exact) mass is 342 g/mol. The average molecular weight is 342 g/mol. The van der Waals surface area contributed by atoms with E-state index in [1.165, 1.54) is 0 Å². The standard InChI is InChI=1S/C21H18N4O/c1-2-25(18-6-4-3-5-7-18)19-12-13-20(23-15-19)21(26)24-17-10-8-16(14-22)9-11-17/h3-13,15H,2H2,1H3,(H,24,26). The molecule has 0 aliphatic carbocycles. The Balaban J connectivity index is 1.74. The van der Waals surface area contributed by atoms with Crippen molar-refractivity contribution in [2.75, 3.05) is 16.8 Å². The molecule has 1 aromatic heterocycles. The van der Waals surface area contributed by atoms with Crippen LogP contribution in [-0.4, -0.2) is 17.4 Å². The van der Waals surface area contributed by atoms with Gasteiger partial charge in [0.05, 0.1) is 23.5 Å². The van der Waals surface area contributed by atoms with Crippen molar-refractivity contribution in [2.45, 2.75) is 6.92 Å². The summed E-state index contributed by atoms with van der Waals surface area (Å²) in [6, 6.07) is 22.4. The van der Waals surface area contributed by atoms with Gasteiger partial charge < -0.3 is 10.2 Å².